The first-order chi connectivity index (χ1) is 13.1. The van der Waals surface area contributed by atoms with Crippen LogP contribution in [0.25, 0.3) is 11.3 Å². The summed E-state index contributed by atoms with van der Waals surface area (Å²) in [6.45, 7) is 2.41. The van der Waals surface area contributed by atoms with Gasteiger partial charge >= 0.3 is 0 Å². The minimum atomic E-state index is -0.257. The van der Waals surface area contributed by atoms with Crippen molar-refractivity contribution in [3.63, 3.8) is 0 Å². The van der Waals surface area contributed by atoms with Gasteiger partial charge in [0.05, 0.1) is 26.5 Å². The molecule has 0 spiro atoms. The number of thiazole rings is 1. The van der Waals surface area contributed by atoms with E-state index in [2.05, 4.69) is 10.3 Å². The number of ether oxygens (including phenoxy) is 3. The van der Waals surface area contributed by atoms with E-state index in [9.17, 15) is 4.79 Å². The lowest BCUT2D eigenvalue weighted by Crippen LogP contribution is -2.12. The highest BCUT2D eigenvalue weighted by Crippen LogP contribution is 2.29. The summed E-state index contributed by atoms with van der Waals surface area (Å²) < 4.78 is 15.9. The summed E-state index contributed by atoms with van der Waals surface area (Å²) in [7, 11) is 3.17. The van der Waals surface area contributed by atoms with Gasteiger partial charge in [-0.2, -0.15) is 0 Å². The Hall–Kier alpha value is -3.06. The zero-order chi connectivity index (χ0) is 19.2. The topological polar surface area (TPSA) is 69.7 Å². The fourth-order valence-corrected chi connectivity index (χ4v) is 3.19. The van der Waals surface area contributed by atoms with E-state index in [1.807, 2.05) is 36.6 Å². The van der Waals surface area contributed by atoms with Crippen LogP contribution in [0.1, 0.15) is 17.3 Å². The summed E-state index contributed by atoms with van der Waals surface area (Å²) >= 11 is 1.37. The van der Waals surface area contributed by atoms with Gasteiger partial charge in [0.2, 0.25) is 0 Å². The number of anilines is 1. The Morgan fingerprint density at radius 3 is 2.52 bits per heavy atom. The second-order valence-electron chi connectivity index (χ2n) is 5.52. The number of amides is 1. The Kier molecular flexibility index (Phi) is 5.93. The average molecular weight is 384 g/mol. The van der Waals surface area contributed by atoms with Crippen molar-refractivity contribution in [3.8, 4) is 28.5 Å². The number of carbonyl (C=O) groups excluding carboxylic acids is 1. The molecule has 0 bridgehead atoms. The van der Waals surface area contributed by atoms with Crippen LogP contribution in [0.4, 0.5) is 5.13 Å². The van der Waals surface area contributed by atoms with Gasteiger partial charge in [-0.15, -0.1) is 11.3 Å². The Morgan fingerprint density at radius 1 is 1.07 bits per heavy atom. The highest BCUT2D eigenvalue weighted by Gasteiger charge is 2.13. The zero-order valence-electron chi connectivity index (χ0n) is 15.3. The summed E-state index contributed by atoms with van der Waals surface area (Å²) in [4.78, 5) is 17.0. The minimum Gasteiger partial charge on any atom is -0.497 e. The first kappa shape index (κ1) is 18.7. The van der Waals surface area contributed by atoms with Gasteiger partial charge in [0.15, 0.2) is 16.6 Å². The van der Waals surface area contributed by atoms with Crippen LogP contribution < -0.4 is 19.5 Å². The van der Waals surface area contributed by atoms with Gasteiger partial charge in [0.1, 0.15) is 5.75 Å². The summed E-state index contributed by atoms with van der Waals surface area (Å²) in [5, 5.41) is 5.25. The SMILES string of the molecule is CCOc1ccc(C(=O)Nc2nc(-c3ccc(OC)cc3)cs2)cc1OC. The van der Waals surface area contributed by atoms with Crippen molar-refractivity contribution in [1.82, 2.24) is 4.98 Å². The molecule has 0 aliphatic rings. The molecule has 2 aromatic carbocycles. The largest absolute Gasteiger partial charge is 0.497 e. The highest BCUT2D eigenvalue weighted by molar-refractivity contribution is 7.14. The zero-order valence-corrected chi connectivity index (χ0v) is 16.1. The number of benzene rings is 2. The number of methoxy groups -OCH3 is 2. The maximum atomic E-state index is 12.5. The van der Waals surface area contributed by atoms with E-state index < -0.39 is 0 Å². The fraction of sp³-hybridized carbons (Fsp3) is 0.200. The molecule has 0 radical (unpaired) electrons. The summed E-state index contributed by atoms with van der Waals surface area (Å²) in [6, 6.07) is 12.7. The summed E-state index contributed by atoms with van der Waals surface area (Å²) in [6.07, 6.45) is 0. The average Bonchev–Trinajstić information content (AvgIpc) is 3.17. The predicted octanol–water partition coefficient (Wildman–Crippen LogP) is 4.48. The molecule has 0 aliphatic carbocycles. The first-order valence-corrected chi connectivity index (χ1v) is 9.24. The van der Waals surface area contributed by atoms with Crippen LogP contribution >= 0.6 is 11.3 Å². The van der Waals surface area contributed by atoms with Crippen molar-refractivity contribution < 1.29 is 19.0 Å². The molecule has 1 amide bonds. The highest BCUT2D eigenvalue weighted by atomic mass is 32.1. The molecular weight excluding hydrogens is 364 g/mol. The van der Waals surface area contributed by atoms with Crippen LogP contribution in [0, 0.1) is 0 Å². The van der Waals surface area contributed by atoms with Crippen molar-refractivity contribution in [2.75, 3.05) is 26.1 Å². The molecule has 0 unspecified atom stereocenters. The first-order valence-electron chi connectivity index (χ1n) is 8.36. The van der Waals surface area contributed by atoms with Gasteiger partial charge in [0.25, 0.3) is 5.91 Å². The lowest BCUT2D eigenvalue weighted by Gasteiger charge is -2.10. The predicted molar refractivity (Wildman–Crippen MR) is 106 cm³/mol. The van der Waals surface area contributed by atoms with Gasteiger partial charge in [0, 0.05) is 16.5 Å². The molecule has 0 atom stereocenters. The summed E-state index contributed by atoms with van der Waals surface area (Å²) in [5.41, 5.74) is 2.22. The van der Waals surface area contributed by atoms with E-state index in [4.69, 9.17) is 14.2 Å². The number of hydrogen-bond acceptors (Lipinski definition) is 6. The molecule has 6 nitrogen and oxygen atoms in total. The summed E-state index contributed by atoms with van der Waals surface area (Å²) in [5.74, 6) is 1.65. The minimum absolute atomic E-state index is 0.257. The second-order valence-corrected chi connectivity index (χ2v) is 6.38. The molecule has 0 saturated heterocycles. The van der Waals surface area contributed by atoms with Crippen molar-refractivity contribution in [2.45, 2.75) is 6.92 Å². The monoisotopic (exact) mass is 384 g/mol. The molecule has 3 rings (SSSR count). The van der Waals surface area contributed by atoms with E-state index in [0.29, 0.717) is 28.8 Å². The van der Waals surface area contributed by atoms with E-state index in [0.717, 1.165) is 17.0 Å². The maximum Gasteiger partial charge on any atom is 0.257 e. The van der Waals surface area contributed by atoms with Crippen LogP contribution in [0.2, 0.25) is 0 Å². The smallest absolute Gasteiger partial charge is 0.257 e. The quantitative estimate of drug-likeness (QED) is 0.650. The van der Waals surface area contributed by atoms with Gasteiger partial charge < -0.3 is 14.2 Å². The molecular formula is C20H20N2O4S. The van der Waals surface area contributed by atoms with Crippen molar-refractivity contribution in [3.05, 3.63) is 53.4 Å². The van der Waals surface area contributed by atoms with Gasteiger partial charge in [-0.05, 0) is 49.4 Å². The van der Waals surface area contributed by atoms with Gasteiger partial charge in [-0.3, -0.25) is 10.1 Å². The molecule has 3 aromatic rings. The number of rotatable bonds is 7. The van der Waals surface area contributed by atoms with Gasteiger partial charge in [-0.1, -0.05) is 0 Å². The van der Waals surface area contributed by atoms with Crippen molar-refractivity contribution in [1.29, 1.82) is 0 Å². The lowest BCUT2D eigenvalue weighted by atomic mass is 10.2. The normalized spacial score (nSPS) is 10.3. The number of aromatic nitrogens is 1. The molecule has 0 fully saturated rings. The molecule has 27 heavy (non-hydrogen) atoms. The third-order valence-electron chi connectivity index (χ3n) is 3.84. The number of hydrogen-bond donors (Lipinski definition) is 1. The molecule has 0 saturated carbocycles. The van der Waals surface area contributed by atoms with Crippen LogP contribution in [0.15, 0.2) is 47.8 Å². The maximum absolute atomic E-state index is 12.5. The molecule has 1 heterocycles. The number of carbonyl (C=O) groups is 1. The van der Waals surface area contributed by atoms with Crippen LogP contribution in [-0.2, 0) is 0 Å². The second kappa shape index (κ2) is 8.55. The van der Waals surface area contributed by atoms with Crippen LogP contribution in [-0.4, -0.2) is 31.7 Å². The van der Waals surface area contributed by atoms with E-state index >= 15 is 0 Å². The molecule has 140 valence electrons. The third kappa shape index (κ3) is 4.38. The van der Waals surface area contributed by atoms with E-state index in [-0.39, 0.29) is 5.91 Å². The van der Waals surface area contributed by atoms with Crippen LogP contribution in [0.3, 0.4) is 0 Å². The fourth-order valence-electron chi connectivity index (χ4n) is 2.48. The molecule has 1 aromatic heterocycles. The van der Waals surface area contributed by atoms with Crippen molar-refractivity contribution in [2.24, 2.45) is 0 Å². The van der Waals surface area contributed by atoms with Crippen LogP contribution in [0.5, 0.6) is 17.2 Å². The molecule has 1 N–H and O–H groups in total. The van der Waals surface area contributed by atoms with E-state index in [1.165, 1.54) is 11.3 Å². The third-order valence-corrected chi connectivity index (χ3v) is 4.59. The number of nitrogens with one attached hydrogen (secondary N) is 1. The standard InChI is InChI=1S/C20H20N2O4S/c1-4-26-17-10-7-14(11-18(17)25-3)19(23)22-20-21-16(12-27-20)13-5-8-15(24-2)9-6-13/h5-12H,4H2,1-3H3,(H,21,22,23). The molecule has 0 aliphatic heterocycles. The Bertz CT molecular complexity index is 922. The number of nitrogens with zero attached hydrogens (tertiary/aromatic N) is 1. The van der Waals surface area contributed by atoms with Gasteiger partial charge in [-0.25, -0.2) is 4.98 Å². The lowest BCUT2D eigenvalue weighted by molar-refractivity contribution is 0.102. The Balaban J connectivity index is 1.73. The Labute approximate surface area is 161 Å². The van der Waals surface area contributed by atoms with Crippen molar-refractivity contribution >= 4 is 22.4 Å². The Morgan fingerprint density at radius 2 is 1.85 bits per heavy atom. The van der Waals surface area contributed by atoms with E-state index in [1.54, 1.807) is 32.4 Å². The molecule has 7 heteroatoms.